The number of hydrogen-bond acceptors (Lipinski definition) is 6. The summed E-state index contributed by atoms with van der Waals surface area (Å²) in [4.78, 5) is 55.2. The van der Waals surface area contributed by atoms with Gasteiger partial charge in [0, 0.05) is 38.1 Å². The van der Waals surface area contributed by atoms with Gasteiger partial charge in [-0.1, -0.05) is 30.3 Å². The van der Waals surface area contributed by atoms with Crippen molar-refractivity contribution in [2.75, 3.05) is 13.7 Å². The number of benzene rings is 1. The van der Waals surface area contributed by atoms with Crippen LogP contribution in [0.2, 0.25) is 0 Å². The largest absolute Gasteiger partial charge is 0.385 e. The molecule has 0 aliphatic rings. The first-order valence-electron chi connectivity index (χ1n) is 11.0. The average Bonchev–Trinajstić information content (AvgIpc) is 2.80. The van der Waals surface area contributed by atoms with Crippen molar-refractivity contribution in [2.24, 2.45) is 0 Å². The molecule has 0 aliphatic carbocycles. The molecule has 0 saturated carbocycles. The smallest absolute Gasteiger partial charge is 0.290 e. The second-order valence-electron chi connectivity index (χ2n) is 8.87. The SMILES string of the molecule is COCC[C@H](NC(=O)c1cccnc1)C(=O)NC(Cc1ccccc1)C(=O)C(=O)NC(C)(C)C. The van der Waals surface area contributed by atoms with Crippen LogP contribution in [0.3, 0.4) is 0 Å². The number of nitrogens with zero attached hydrogens (tertiary/aromatic N) is 1. The monoisotopic (exact) mass is 468 g/mol. The van der Waals surface area contributed by atoms with Crippen LogP contribution in [0.5, 0.6) is 0 Å². The van der Waals surface area contributed by atoms with E-state index >= 15 is 0 Å². The van der Waals surface area contributed by atoms with Crippen molar-refractivity contribution in [1.29, 1.82) is 0 Å². The molecule has 0 radical (unpaired) electrons. The van der Waals surface area contributed by atoms with Gasteiger partial charge in [0.05, 0.1) is 5.56 Å². The van der Waals surface area contributed by atoms with Crippen molar-refractivity contribution < 1.29 is 23.9 Å². The number of aromatic nitrogens is 1. The molecule has 2 rings (SSSR count). The number of methoxy groups -OCH3 is 1. The van der Waals surface area contributed by atoms with Crippen molar-refractivity contribution in [2.45, 2.75) is 51.2 Å². The first-order valence-corrected chi connectivity index (χ1v) is 11.0. The summed E-state index contributed by atoms with van der Waals surface area (Å²) in [6, 6.07) is 10.2. The fourth-order valence-corrected chi connectivity index (χ4v) is 3.13. The summed E-state index contributed by atoms with van der Waals surface area (Å²) in [6.45, 7) is 5.49. The molecule has 9 heteroatoms. The molecule has 1 aromatic carbocycles. The van der Waals surface area contributed by atoms with Crippen molar-refractivity contribution in [3.8, 4) is 0 Å². The Kier molecular flexibility index (Phi) is 9.88. The van der Waals surface area contributed by atoms with Crippen LogP contribution in [-0.2, 0) is 25.5 Å². The first kappa shape index (κ1) is 26.7. The van der Waals surface area contributed by atoms with Gasteiger partial charge in [-0.3, -0.25) is 24.2 Å². The zero-order valence-electron chi connectivity index (χ0n) is 20.0. The van der Waals surface area contributed by atoms with Gasteiger partial charge in [-0.25, -0.2) is 0 Å². The molecule has 0 saturated heterocycles. The summed E-state index contributed by atoms with van der Waals surface area (Å²) < 4.78 is 5.08. The summed E-state index contributed by atoms with van der Waals surface area (Å²) in [5, 5.41) is 7.96. The van der Waals surface area contributed by atoms with E-state index in [2.05, 4.69) is 20.9 Å². The van der Waals surface area contributed by atoms with Crippen LogP contribution in [0.1, 0.15) is 43.1 Å². The van der Waals surface area contributed by atoms with Crippen LogP contribution in [-0.4, -0.2) is 59.8 Å². The quantitative estimate of drug-likeness (QED) is 0.428. The van der Waals surface area contributed by atoms with E-state index in [4.69, 9.17) is 4.74 Å². The zero-order valence-corrected chi connectivity index (χ0v) is 20.0. The van der Waals surface area contributed by atoms with Gasteiger partial charge < -0.3 is 20.7 Å². The van der Waals surface area contributed by atoms with Crippen LogP contribution in [0.4, 0.5) is 0 Å². The minimum Gasteiger partial charge on any atom is -0.385 e. The molecule has 2 atom stereocenters. The lowest BCUT2D eigenvalue weighted by atomic mass is 10.00. The highest BCUT2D eigenvalue weighted by Gasteiger charge is 2.32. The molecule has 2 aromatic rings. The van der Waals surface area contributed by atoms with Crippen LogP contribution < -0.4 is 16.0 Å². The number of ether oxygens (including phenoxy) is 1. The number of carbonyl (C=O) groups is 4. The molecule has 3 N–H and O–H groups in total. The molecule has 0 fully saturated rings. The summed E-state index contributed by atoms with van der Waals surface area (Å²) in [7, 11) is 1.48. The third-order valence-electron chi connectivity index (χ3n) is 4.78. The lowest BCUT2D eigenvalue weighted by Gasteiger charge is -2.25. The highest BCUT2D eigenvalue weighted by Crippen LogP contribution is 2.08. The van der Waals surface area contributed by atoms with Crippen LogP contribution in [0.25, 0.3) is 0 Å². The Morgan fingerprint density at radius 2 is 1.68 bits per heavy atom. The van der Waals surface area contributed by atoms with Crippen molar-refractivity contribution in [3.05, 3.63) is 66.0 Å². The molecule has 34 heavy (non-hydrogen) atoms. The Bertz CT molecular complexity index is 974. The van der Waals surface area contributed by atoms with E-state index in [-0.39, 0.29) is 19.4 Å². The van der Waals surface area contributed by atoms with Crippen LogP contribution >= 0.6 is 0 Å². The molecule has 0 bridgehead atoms. The van der Waals surface area contributed by atoms with E-state index in [0.717, 1.165) is 5.56 Å². The molecule has 1 aromatic heterocycles. The predicted molar refractivity (Wildman–Crippen MR) is 127 cm³/mol. The van der Waals surface area contributed by atoms with Crippen LogP contribution in [0.15, 0.2) is 54.9 Å². The number of Topliss-reactive ketones (excluding diaryl/α,β-unsaturated/α-hetero) is 1. The maximum Gasteiger partial charge on any atom is 0.290 e. The molecule has 9 nitrogen and oxygen atoms in total. The van der Waals surface area contributed by atoms with Crippen LogP contribution in [0, 0.1) is 0 Å². The summed E-state index contributed by atoms with van der Waals surface area (Å²) in [5.74, 6) is -2.63. The van der Waals surface area contributed by atoms with Crippen molar-refractivity contribution in [1.82, 2.24) is 20.9 Å². The number of nitrogens with one attached hydrogen (secondary N) is 3. The van der Waals surface area contributed by atoms with E-state index in [1.54, 1.807) is 45.0 Å². The second-order valence-corrected chi connectivity index (χ2v) is 8.87. The fourth-order valence-electron chi connectivity index (χ4n) is 3.13. The van der Waals surface area contributed by atoms with E-state index in [9.17, 15) is 19.2 Å². The average molecular weight is 469 g/mol. The predicted octanol–water partition coefficient (Wildman–Crippen LogP) is 1.43. The van der Waals surface area contributed by atoms with Crippen molar-refractivity contribution in [3.63, 3.8) is 0 Å². The summed E-state index contributed by atoms with van der Waals surface area (Å²) in [5.41, 5.74) is 0.448. The summed E-state index contributed by atoms with van der Waals surface area (Å²) >= 11 is 0. The number of amides is 3. The highest BCUT2D eigenvalue weighted by atomic mass is 16.5. The standard InChI is InChI=1S/C25H32N4O5/c1-25(2,3)29-24(33)21(30)20(15-17-9-6-5-7-10-17)28-23(32)19(12-14-34-4)27-22(31)18-11-8-13-26-16-18/h5-11,13,16,19-20H,12,14-15H2,1-4H3,(H,27,31)(H,28,32)(H,29,33)/t19-,20?/m0/s1. The third-order valence-corrected chi connectivity index (χ3v) is 4.78. The van der Waals surface area contributed by atoms with E-state index in [0.29, 0.717) is 5.56 Å². The molecule has 1 heterocycles. The van der Waals surface area contributed by atoms with Gasteiger partial charge in [-0.05, 0) is 44.9 Å². The molecule has 0 spiro atoms. The molecule has 182 valence electrons. The van der Waals surface area contributed by atoms with Crippen molar-refractivity contribution >= 4 is 23.5 Å². The number of carbonyl (C=O) groups excluding carboxylic acids is 4. The maximum atomic E-state index is 13.1. The topological polar surface area (TPSA) is 126 Å². The van der Waals surface area contributed by atoms with E-state index in [1.165, 1.54) is 19.5 Å². The molecule has 0 aliphatic heterocycles. The zero-order chi connectivity index (χ0) is 25.1. The summed E-state index contributed by atoms with van der Waals surface area (Å²) in [6.07, 6.45) is 3.22. The Balaban J connectivity index is 2.22. The first-order chi connectivity index (χ1) is 16.1. The molecule has 3 amide bonds. The number of ketones is 1. The highest BCUT2D eigenvalue weighted by molar-refractivity contribution is 6.38. The third kappa shape index (κ3) is 8.74. The maximum absolute atomic E-state index is 13.1. The Morgan fingerprint density at radius 3 is 2.26 bits per heavy atom. The molecule has 1 unspecified atom stereocenters. The van der Waals surface area contributed by atoms with Gasteiger partial charge in [-0.2, -0.15) is 0 Å². The van der Waals surface area contributed by atoms with Gasteiger partial charge in [-0.15, -0.1) is 0 Å². The number of pyridine rings is 1. The minimum absolute atomic E-state index is 0.122. The van der Waals surface area contributed by atoms with Gasteiger partial charge in [0.25, 0.3) is 11.8 Å². The lowest BCUT2D eigenvalue weighted by Crippen LogP contribution is -2.56. The Labute approximate surface area is 199 Å². The number of rotatable bonds is 11. The second kappa shape index (κ2) is 12.6. The van der Waals surface area contributed by atoms with Gasteiger partial charge in [0.2, 0.25) is 11.7 Å². The normalized spacial score (nSPS) is 12.8. The van der Waals surface area contributed by atoms with E-state index in [1.807, 2.05) is 18.2 Å². The lowest BCUT2D eigenvalue weighted by molar-refractivity contribution is -0.141. The van der Waals surface area contributed by atoms with Gasteiger partial charge in [0.15, 0.2) is 0 Å². The van der Waals surface area contributed by atoms with Gasteiger partial charge >= 0.3 is 0 Å². The fraction of sp³-hybridized carbons (Fsp3) is 0.400. The molecular weight excluding hydrogens is 436 g/mol. The number of hydrogen-bond donors (Lipinski definition) is 3. The Morgan fingerprint density at radius 1 is 0.971 bits per heavy atom. The minimum atomic E-state index is -1.11. The van der Waals surface area contributed by atoms with E-state index < -0.39 is 41.1 Å². The Hall–Kier alpha value is -3.59. The molecular formula is C25H32N4O5. The van der Waals surface area contributed by atoms with Gasteiger partial charge in [0.1, 0.15) is 12.1 Å².